The van der Waals surface area contributed by atoms with E-state index < -0.39 is 78.0 Å². The van der Waals surface area contributed by atoms with Crippen LogP contribution in [0.5, 0.6) is 0 Å². The number of alkyl halides is 3. The Morgan fingerprint density at radius 3 is 2.52 bits per heavy atom. The van der Waals surface area contributed by atoms with Crippen LogP contribution in [0.3, 0.4) is 0 Å². The molecule has 0 aromatic carbocycles. The highest BCUT2D eigenvalue weighted by Gasteiger charge is 2.80. The van der Waals surface area contributed by atoms with Crippen LogP contribution in [0, 0.1) is 5.41 Å². The SMILES string of the molecule is C=C(C)C(=O)OC1C2CC3(C4(OC5(C)COC(O)(C(F)(F)F)C5)CCCC4)C(=O)OC1C3O2. The van der Waals surface area contributed by atoms with E-state index in [4.69, 9.17) is 23.7 Å². The molecule has 2 bridgehead atoms. The van der Waals surface area contributed by atoms with Crippen LogP contribution in [-0.4, -0.2) is 71.2 Å². The molecule has 5 rings (SSSR count). The highest BCUT2D eigenvalue weighted by Crippen LogP contribution is 2.65. The Morgan fingerprint density at radius 2 is 1.94 bits per heavy atom. The van der Waals surface area contributed by atoms with Gasteiger partial charge in [-0.05, 0) is 33.1 Å². The molecule has 7 unspecified atom stereocenters. The fourth-order valence-electron chi connectivity index (χ4n) is 6.46. The molecule has 0 aromatic heterocycles. The van der Waals surface area contributed by atoms with Gasteiger partial charge in [-0.3, -0.25) is 4.79 Å². The Morgan fingerprint density at radius 1 is 1.27 bits per heavy atom. The highest BCUT2D eigenvalue weighted by atomic mass is 19.4. The van der Waals surface area contributed by atoms with Crippen molar-refractivity contribution in [2.45, 2.75) is 100.0 Å². The van der Waals surface area contributed by atoms with Gasteiger partial charge in [0.2, 0.25) is 0 Å². The molecule has 11 heteroatoms. The van der Waals surface area contributed by atoms with E-state index in [-0.39, 0.29) is 12.0 Å². The summed E-state index contributed by atoms with van der Waals surface area (Å²) in [4.78, 5) is 25.4. The number of hydrogen-bond acceptors (Lipinski definition) is 8. The minimum absolute atomic E-state index is 0.168. The number of ether oxygens (including phenoxy) is 5. The van der Waals surface area contributed by atoms with E-state index in [9.17, 15) is 27.9 Å². The van der Waals surface area contributed by atoms with Crippen molar-refractivity contribution in [2.75, 3.05) is 6.61 Å². The molecule has 184 valence electrons. The Bertz CT molecular complexity index is 899. The van der Waals surface area contributed by atoms with Crippen molar-refractivity contribution in [3.63, 3.8) is 0 Å². The molecule has 1 aliphatic carbocycles. The number of rotatable bonds is 5. The number of esters is 2. The number of aliphatic hydroxyl groups is 1. The fourth-order valence-corrected chi connectivity index (χ4v) is 6.46. The summed E-state index contributed by atoms with van der Waals surface area (Å²) in [6, 6.07) is 0. The van der Waals surface area contributed by atoms with Crippen LogP contribution < -0.4 is 0 Å². The predicted octanol–water partition coefficient (Wildman–Crippen LogP) is 2.32. The van der Waals surface area contributed by atoms with E-state index in [0.29, 0.717) is 25.7 Å². The normalized spacial score (nSPS) is 45.5. The Balaban J connectivity index is 1.44. The molecule has 0 aromatic rings. The van der Waals surface area contributed by atoms with E-state index in [1.54, 1.807) is 0 Å². The number of carbonyl (C=O) groups is 2. The molecule has 4 aliphatic heterocycles. The summed E-state index contributed by atoms with van der Waals surface area (Å²) in [6.07, 6.45) is -6.29. The largest absolute Gasteiger partial charge is 0.455 e. The van der Waals surface area contributed by atoms with Crippen molar-refractivity contribution in [3.05, 3.63) is 12.2 Å². The van der Waals surface area contributed by atoms with Crippen LogP contribution in [0.2, 0.25) is 0 Å². The Kier molecular flexibility index (Phi) is 4.84. The molecule has 0 amide bonds. The average molecular weight is 476 g/mol. The molecule has 4 heterocycles. The number of halogens is 3. The average Bonchev–Trinajstić information content (AvgIpc) is 3.47. The molecule has 1 N–H and O–H groups in total. The van der Waals surface area contributed by atoms with Gasteiger partial charge in [0.1, 0.15) is 17.6 Å². The van der Waals surface area contributed by atoms with Gasteiger partial charge in [0.15, 0.2) is 12.2 Å². The van der Waals surface area contributed by atoms with E-state index in [1.165, 1.54) is 13.8 Å². The van der Waals surface area contributed by atoms with Crippen molar-refractivity contribution in [3.8, 4) is 0 Å². The monoisotopic (exact) mass is 476 g/mol. The summed E-state index contributed by atoms with van der Waals surface area (Å²) < 4.78 is 68.5. The first-order chi connectivity index (χ1) is 15.3. The molecular weight excluding hydrogens is 449 g/mol. The van der Waals surface area contributed by atoms with E-state index >= 15 is 0 Å². The van der Waals surface area contributed by atoms with Gasteiger partial charge in [0.05, 0.1) is 17.8 Å². The first-order valence-electron chi connectivity index (χ1n) is 11.1. The lowest BCUT2D eigenvalue weighted by Crippen LogP contribution is -2.61. The topological polar surface area (TPSA) is 101 Å². The second kappa shape index (κ2) is 6.93. The van der Waals surface area contributed by atoms with E-state index in [1.807, 2.05) is 0 Å². The third-order valence-corrected chi connectivity index (χ3v) is 7.86. The molecule has 5 fully saturated rings. The first-order valence-corrected chi connectivity index (χ1v) is 11.1. The lowest BCUT2D eigenvalue weighted by molar-refractivity contribution is -0.349. The summed E-state index contributed by atoms with van der Waals surface area (Å²) in [5, 5.41) is 10.0. The van der Waals surface area contributed by atoms with Gasteiger partial charge in [-0.1, -0.05) is 19.4 Å². The van der Waals surface area contributed by atoms with Gasteiger partial charge >= 0.3 is 18.1 Å². The third kappa shape index (κ3) is 3.05. The van der Waals surface area contributed by atoms with Crippen LogP contribution in [-0.2, 0) is 33.3 Å². The minimum Gasteiger partial charge on any atom is -0.455 e. The van der Waals surface area contributed by atoms with Crippen molar-refractivity contribution in [1.82, 2.24) is 0 Å². The quantitative estimate of drug-likeness (QED) is 0.477. The maximum atomic E-state index is 13.4. The van der Waals surface area contributed by atoms with Crippen LogP contribution in [0.15, 0.2) is 12.2 Å². The molecule has 0 radical (unpaired) electrons. The standard InChI is InChI=1S/C22H27F3O8/c1-11(2)16(26)31-13-12-8-20(15(30-12)14(13)32-17(20)27)19(6-4-5-7-19)33-18(3)9-21(28,29-10-18)22(23,24)25/h12-15,28H,1,4-10H2,2-3H3. The molecule has 4 saturated heterocycles. The van der Waals surface area contributed by atoms with Crippen molar-refractivity contribution in [2.24, 2.45) is 5.41 Å². The van der Waals surface area contributed by atoms with Gasteiger partial charge < -0.3 is 28.8 Å². The Labute approximate surface area is 188 Å². The summed E-state index contributed by atoms with van der Waals surface area (Å²) in [5.41, 5.74) is -3.64. The molecular formula is C22H27F3O8. The maximum absolute atomic E-state index is 13.4. The predicted molar refractivity (Wildman–Crippen MR) is 103 cm³/mol. The molecule has 5 aliphatic rings. The van der Waals surface area contributed by atoms with Crippen LogP contribution >= 0.6 is 0 Å². The van der Waals surface area contributed by atoms with E-state index in [2.05, 4.69) is 6.58 Å². The maximum Gasteiger partial charge on any atom is 0.443 e. The van der Waals surface area contributed by atoms with Crippen LogP contribution in [0.4, 0.5) is 13.2 Å². The van der Waals surface area contributed by atoms with Gasteiger partial charge in [-0.2, -0.15) is 13.2 Å². The van der Waals surface area contributed by atoms with Crippen LogP contribution in [0.1, 0.15) is 52.4 Å². The summed E-state index contributed by atoms with van der Waals surface area (Å²) >= 11 is 0. The summed E-state index contributed by atoms with van der Waals surface area (Å²) in [7, 11) is 0. The Hall–Kier alpha value is -1.69. The minimum atomic E-state index is -4.98. The zero-order valence-corrected chi connectivity index (χ0v) is 18.4. The highest BCUT2D eigenvalue weighted by molar-refractivity contribution is 5.88. The second-order valence-corrected chi connectivity index (χ2v) is 10.3. The van der Waals surface area contributed by atoms with Crippen molar-refractivity contribution >= 4 is 11.9 Å². The summed E-state index contributed by atoms with van der Waals surface area (Å²) in [6.45, 7) is 6.05. The second-order valence-electron chi connectivity index (χ2n) is 10.3. The number of fused-ring (bicyclic) bond motifs is 1. The van der Waals surface area contributed by atoms with Crippen molar-refractivity contribution < 1.29 is 51.6 Å². The molecule has 0 spiro atoms. The summed E-state index contributed by atoms with van der Waals surface area (Å²) in [5.74, 6) is -4.48. The first kappa shape index (κ1) is 23.1. The molecule has 7 atom stereocenters. The van der Waals surface area contributed by atoms with E-state index in [0.717, 1.165) is 0 Å². The zero-order valence-electron chi connectivity index (χ0n) is 18.4. The molecule has 33 heavy (non-hydrogen) atoms. The lowest BCUT2D eigenvalue weighted by atomic mass is 9.62. The van der Waals surface area contributed by atoms with Crippen LogP contribution in [0.25, 0.3) is 0 Å². The van der Waals surface area contributed by atoms with Crippen molar-refractivity contribution in [1.29, 1.82) is 0 Å². The van der Waals surface area contributed by atoms with Gasteiger partial charge in [-0.25, -0.2) is 4.79 Å². The van der Waals surface area contributed by atoms with Gasteiger partial charge in [-0.15, -0.1) is 0 Å². The number of carbonyl (C=O) groups excluding carboxylic acids is 2. The lowest BCUT2D eigenvalue weighted by Gasteiger charge is -2.48. The zero-order chi connectivity index (χ0) is 24.0. The van der Waals surface area contributed by atoms with Gasteiger partial charge in [0.25, 0.3) is 5.79 Å². The third-order valence-electron chi connectivity index (χ3n) is 7.86. The molecule has 8 nitrogen and oxygen atoms in total. The van der Waals surface area contributed by atoms with Gasteiger partial charge in [0, 0.05) is 12.0 Å². The molecule has 1 saturated carbocycles. The smallest absolute Gasteiger partial charge is 0.443 e. The fraction of sp³-hybridized carbons (Fsp3) is 0.818. The number of hydrogen-bond donors (Lipinski definition) is 1.